The fraction of sp³-hybridized carbons (Fsp3) is 0.533. The number of halogens is 1. The van der Waals surface area contributed by atoms with Gasteiger partial charge in [-0.3, -0.25) is 4.99 Å². The molecule has 0 aliphatic carbocycles. The third kappa shape index (κ3) is 3.32. The minimum atomic E-state index is -3.63. The second-order valence-corrected chi connectivity index (χ2v) is 8.17. The van der Waals surface area contributed by atoms with Gasteiger partial charge in [0.05, 0.1) is 30.2 Å². The van der Waals surface area contributed by atoms with Crippen LogP contribution in [0.2, 0.25) is 5.02 Å². The number of ether oxygens (including phenoxy) is 1. The predicted octanol–water partition coefficient (Wildman–Crippen LogP) is 1.81. The van der Waals surface area contributed by atoms with Crippen LogP contribution in [0.4, 0.5) is 0 Å². The van der Waals surface area contributed by atoms with Crippen LogP contribution >= 0.6 is 11.6 Å². The summed E-state index contributed by atoms with van der Waals surface area (Å²) in [4.78, 5) is 6.65. The van der Waals surface area contributed by atoms with Crippen molar-refractivity contribution < 1.29 is 13.2 Å². The molecule has 126 valence electrons. The van der Waals surface area contributed by atoms with Crippen LogP contribution in [0.1, 0.15) is 13.8 Å². The lowest BCUT2D eigenvalue weighted by atomic mass is 10.2. The topological polar surface area (TPSA) is 62.2 Å². The summed E-state index contributed by atoms with van der Waals surface area (Å²) in [5, 5.41) is 0.509. The van der Waals surface area contributed by atoms with Crippen LogP contribution < -0.4 is 0 Å². The summed E-state index contributed by atoms with van der Waals surface area (Å²) >= 11 is 5.85. The van der Waals surface area contributed by atoms with Gasteiger partial charge in [-0.2, -0.15) is 0 Å². The van der Waals surface area contributed by atoms with E-state index in [1.54, 1.807) is 12.1 Å². The van der Waals surface area contributed by atoms with Crippen molar-refractivity contribution in [1.82, 2.24) is 9.21 Å². The monoisotopic (exact) mass is 357 g/mol. The van der Waals surface area contributed by atoms with Crippen molar-refractivity contribution in [3.63, 3.8) is 0 Å². The molecule has 2 atom stereocenters. The molecule has 0 bridgehead atoms. The summed E-state index contributed by atoms with van der Waals surface area (Å²) in [5.41, 5.74) is 0. The van der Waals surface area contributed by atoms with Gasteiger partial charge in [-0.15, -0.1) is 0 Å². The van der Waals surface area contributed by atoms with Gasteiger partial charge in [0, 0.05) is 18.1 Å². The van der Waals surface area contributed by atoms with Gasteiger partial charge in [0.1, 0.15) is 0 Å². The molecule has 1 saturated heterocycles. The highest BCUT2D eigenvalue weighted by Gasteiger charge is 2.36. The number of hydrogen-bond donors (Lipinski definition) is 0. The number of guanidine groups is 1. The Morgan fingerprint density at radius 3 is 2.39 bits per heavy atom. The first-order valence-electron chi connectivity index (χ1n) is 7.61. The minimum Gasteiger partial charge on any atom is -0.372 e. The number of benzene rings is 1. The molecule has 2 aliphatic rings. The molecule has 6 nitrogen and oxygen atoms in total. The SMILES string of the molecule is C[C@@H]1CN(C2=NCCN2S(=O)(=O)c2ccc(Cl)cc2)C[C@@H](C)O1. The lowest BCUT2D eigenvalue weighted by Crippen LogP contribution is -2.53. The highest BCUT2D eigenvalue weighted by molar-refractivity contribution is 7.89. The Labute approximate surface area is 141 Å². The number of hydrogen-bond acceptors (Lipinski definition) is 5. The Balaban J connectivity index is 1.87. The van der Waals surface area contributed by atoms with Gasteiger partial charge in [-0.25, -0.2) is 12.7 Å². The largest absolute Gasteiger partial charge is 0.372 e. The average Bonchev–Trinajstić information content (AvgIpc) is 2.97. The maximum absolute atomic E-state index is 12.9. The molecule has 0 saturated carbocycles. The van der Waals surface area contributed by atoms with E-state index in [1.165, 1.54) is 16.4 Å². The first kappa shape index (κ1) is 16.5. The van der Waals surface area contributed by atoms with Crippen LogP contribution in [0.15, 0.2) is 34.2 Å². The van der Waals surface area contributed by atoms with E-state index in [4.69, 9.17) is 16.3 Å². The van der Waals surface area contributed by atoms with E-state index in [0.717, 1.165) is 0 Å². The van der Waals surface area contributed by atoms with E-state index >= 15 is 0 Å². The average molecular weight is 358 g/mol. The zero-order valence-electron chi connectivity index (χ0n) is 13.1. The Morgan fingerprint density at radius 1 is 1.17 bits per heavy atom. The molecule has 2 heterocycles. The number of rotatable bonds is 2. The summed E-state index contributed by atoms with van der Waals surface area (Å²) in [6, 6.07) is 6.22. The first-order valence-corrected chi connectivity index (χ1v) is 9.43. The quantitative estimate of drug-likeness (QED) is 0.809. The highest BCUT2D eigenvalue weighted by Crippen LogP contribution is 2.23. The van der Waals surface area contributed by atoms with Crippen LogP contribution in [-0.2, 0) is 14.8 Å². The van der Waals surface area contributed by atoms with Crippen molar-refractivity contribution in [2.24, 2.45) is 4.99 Å². The van der Waals surface area contributed by atoms with Gasteiger partial charge in [-0.05, 0) is 38.1 Å². The normalized spacial score (nSPS) is 25.6. The van der Waals surface area contributed by atoms with Crippen molar-refractivity contribution in [2.75, 3.05) is 26.2 Å². The standard InChI is InChI=1S/C15H20ClN3O3S/c1-11-9-18(10-12(2)22-11)15-17-7-8-19(15)23(20,21)14-5-3-13(16)4-6-14/h3-6,11-12H,7-10H2,1-2H3/t11-,12-/m1/s1. The van der Waals surface area contributed by atoms with Crippen molar-refractivity contribution in [3.05, 3.63) is 29.3 Å². The molecule has 0 radical (unpaired) electrons. The Bertz CT molecular complexity index is 695. The molecule has 0 spiro atoms. The van der Waals surface area contributed by atoms with E-state index in [9.17, 15) is 8.42 Å². The molecule has 0 N–H and O–H groups in total. The maximum atomic E-state index is 12.9. The summed E-state index contributed by atoms with van der Waals surface area (Å²) in [6.07, 6.45) is 0.0873. The summed E-state index contributed by atoms with van der Waals surface area (Å²) in [5.74, 6) is 0.516. The molecule has 23 heavy (non-hydrogen) atoms. The Hall–Kier alpha value is -1.31. The highest BCUT2D eigenvalue weighted by atomic mass is 35.5. The van der Waals surface area contributed by atoms with Crippen LogP contribution in [0.3, 0.4) is 0 Å². The van der Waals surface area contributed by atoms with Gasteiger partial charge in [0.2, 0.25) is 5.96 Å². The molecule has 0 amide bonds. The molecule has 2 aliphatic heterocycles. The van der Waals surface area contributed by atoms with Crippen LogP contribution in [0.5, 0.6) is 0 Å². The third-order valence-corrected chi connectivity index (χ3v) is 5.93. The van der Waals surface area contributed by atoms with Gasteiger partial charge in [-0.1, -0.05) is 11.6 Å². The molecule has 1 aromatic carbocycles. The van der Waals surface area contributed by atoms with Crippen LogP contribution in [-0.4, -0.2) is 62.0 Å². The number of sulfonamides is 1. The maximum Gasteiger partial charge on any atom is 0.266 e. The number of nitrogens with zero attached hydrogens (tertiary/aromatic N) is 3. The van der Waals surface area contributed by atoms with Gasteiger partial charge >= 0.3 is 0 Å². The first-order chi connectivity index (χ1) is 10.9. The molecule has 8 heteroatoms. The number of aliphatic imine (C=N–C) groups is 1. The fourth-order valence-corrected chi connectivity index (χ4v) is 4.55. The van der Waals surface area contributed by atoms with E-state index in [0.29, 0.717) is 37.2 Å². The molecule has 3 rings (SSSR count). The van der Waals surface area contributed by atoms with Gasteiger partial charge < -0.3 is 9.64 Å². The Kier molecular flexibility index (Phi) is 4.53. The van der Waals surface area contributed by atoms with Crippen molar-refractivity contribution in [1.29, 1.82) is 0 Å². The van der Waals surface area contributed by atoms with Crippen molar-refractivity contribution in [3.8, 4) is 0 Å². The lowest BCUT2D eigenvalue weighted by Gasteiger charge is -2.38. The summed E-state index contributed by atoms with van der Waals surface area (Å²) in [6.45, 7) is 6.07. The van der Waals surface area contributed by atoms with Crippen molar-refractivity contribution >= 4 is 27.6 Å². The molecule has 0 aromatic heterocycles. The van der Waals surface area contributed by atoms with Gasteiger partial charge in [0.15, 0.2) is 0 Å². The molecule has 1 fully saturated rings. The second-order valence-electron chi connectivity index (χ2n) is 5.88. The van der Waals surface area contributed by atoms with Crippen LogP contribution in [0, 0.1) is 0 Å². The lowest BCUT2D eigenvalue weighted by molar-refractivity contribution is -0.0496. The van der Waals surface area contributed by atoms with E-state index in [2.05, 4.69) is 4.99 Å². The van der Waals surface area contributed by atoms with E-state index < -0.39 is 10.0 Å². The third-order valence-electron chi connectivity index (χ3n) is 3.88. The molecule has 1 aromatic rings. The smallest absolute Gasteiger partial charge is 0.266 e. The zero-order chi connectivity index (χ0) is 16.6. The molecular formula is C15H20ClN3O3S. The molecular weight excluding hydrogens is 338 g/mol. The fourth-order valence-electron chi connectivity index (χ4n) is 2.98. The van der Waals surface area contributed by atoms with Crippen molar-refractivity contribution in [2.45, 2.75) is 31.0 Å². The summed E-state index contributed by atoms with van der Waals surface area (Å²) in [7, 11) is -3.63. The summed E-state index contributed by atoms with van der Waals surface area (Å²) < 4.78 is 32.9. The Morgan fingerprint density at radius 2 is 1.78 bits per heavy atom. The minimum absolute atomic E-state index is 0.0436. The number of morpholine rings is 1. The predicted molar refractivity (Wildman–Crippen MR) is 89.2 cm³/mol. The van der Waals surface area contributed by atoms with E-state index in [-0.39, 0.29) is 17.1 Å². The van der Waals surface area contributed by atoms with Gasteiger partial charge in [0.25, 0.3) is 10.0 Å². The second kappa shape index (κ2) is 6.30. The van der Waals surface area contributed by atoms with Crippen LogP contribution in [0.25, 0.3) is 0 Å². The zero-order valence-corrected chi connectivity index (χ0v) is 14.7. The van der Waals surface area contributed by atoms with E-state index in [1.807, 2.05) is 18.7 Å². The molecule has 0 unspecified atom stereocenters.